The van der Waals surface area contributed by atoms with Gasteiger partial charge in [-0.15, -0.1) is 0 Å². The Hall–Kier alpha value is -2.32. The molecule has 1 heterocycles. The molecule has 0 aromatic rings. The molecule has 7 atom stereocenters. The number of esters is 4. The van der Waals surface area contributed by atoms with Gasteiger partial charge in [0.1, 0.15) is 24.9 Å². The van der Waals surface area contributed by atoms with Crippen LogP contribution >= 0.6 is 0 Å². The van der Waals surface area contributed by atoms with Crippen molar-refractivity contribution in [2.75, 3.05) is 19.8 Å². The van der Waals surface area contributed by atoms with Crippen molar-refractivity contribution >= 4 is 23.9 Å². The molecule has 0 bridgehead atoms. The predicted molar refractivity (Wildman–Crippen MR) is 189 cm³/mol. The van der Waals surface area contributed by atoms with Crippen LogP contribution in [0.25, 0.3) is 0 Å². The molecule has 0 unspecified atom stereocenters. The van der Waals surface area contributed by atoms with Gasteiger partial charge in [0.2, 0.25) is 0 Å². The molecule has 0 aromatic carbocycles. The Balaban J connectivity index is 3.10. The van der Waals surface area contributed by atoms with Crippen LogP contribution in [0.1, 0.15) is 156 Å². The third kappa shape index (κ3) is 21.7. The lowest BCUT2D eigenvalue weighted by Gasteiger charge is -2.44. The van der Waals surface area contributed by atoms with Gasteiger partial charge in [-0.2, -0.15) is 0 Å². The summed E-state index contributed by atoms with van der Waals surface area (Å²) in [5, 5.41) is 29.4. The Labute approximate surface area is 305 Å². The monoisotopic (exact) mass is 732 g/mol. The lowest BCUT2D eigenvalue weighted by atomic mass is 9.97. The molecule has 3 N–H and O–H groups in total. The molecular formula is C38H68O13. The predicted octanol–water partition coefficient (Wildman–Crippen LogP) is 5.60. The van der Waals surface area contributed by atoms with Crippen LogP contribution < -0.4 is 0 Å². The average molecular weight is 733 g/mol. The number of hydrogen-bond donors (Lipinski definition) is 3. The van der Waals surface area contributed by atoms with Crippen LogP contribution in [0.15, 0.2) is 0 Å². The van der Waals surface area contributed by atoms with E-state index in [4.69, 9.17) is 28.4 Å². The first-order valence-corrected chi connectivity index (χ1v) is 19.5. The number of unbranched alkanes of at least 4 members (excludes halogenated alkanes) is 16. The van der Waals surface area contributed by atoms with E-state index in [1.165, 1.54) is 58.3 Å². The van der Waals surface area contributed by atoms with E-state index in [1.54, 1.807) is 0 Å². The highest BCUT2D eigenvalue weighted by atomic mass is 16.7. The third-order valence-corrected chi connectivity index (χ3v) is 8.91. The Bertz CT molecular complexity index is 945. The second kappa shape index (κ2) is 29.2. The number of ether oxygens (including phenoxy) is 6. The molecule has 1 aliphatic rings. The maximum Gasteiger partial charge on any atom is 0.306 e. The molecule has 1 aliphatic heterocycles. The molecule has 13 heteroatoms. The van der Waals surface area contributed by atoms with Gasteiger partial charge >= 0.3 is 23.9 Å². The molecule has 0 spiro atoms. The van der Waals surface area contributed by atoms with Gasteiger partial charge in [0.05, 0.1) is 13.2 Å². The third-order valence-electron chi connectivity index (χ3n) is 8.91. The molecule has 13 nitrogen and oxygen atoms in total. The van der Waals surface area contributed by atoms with E-state index in [9.17, 15) is 34.5 Å². The van der Waals surface area contributed by atoms with Crippen LogP contribution in [0.3, 0.4) is 0 Å². The summed E-state index contributed by atoms with van der Waals surface area (Å²) in [6, 6.07) is 0. The molecule has 0 saturated carbocycles. The summed E-state index contributed by atoms with van der Waals surface area (Å²) in [6.07, 6.45) is 9.11. The Morgan fingerprint density at radius 1 is 0.588 bits per heavy atom. The minimum Gasteiger partial charge on any atom is -0.463 e. The number of aliphatic hydroxyl groups is 3. The molecule has 298 valence electrons. The minimum absolute atomic E-state index is 0.0686. The number of rotatable bonds is 30. The van der Waals surface area contributed by atoms with E-state index in [0.29, 0.717) is 12.8 Å². The van der Waals surface area contributed by atoms with E-state index in [-0.39, 0.29) is 12.8 Å². The highest BCUT2D eigenvalue weighted by Gasteiger charge is 2.53. The smallest absolute Gasteiger partial charge is 0.306 e. The lowest BCUT2D eigenvalue weighted by molar-refractivity contribution is -0.312. The van der Waals surface area contributed by atoms with E-state index in [0.717, 1.165) is 58.3 Å². The lowest BCUT2D eigenvalue weighted by Crippen LogP contribution is -2.63. The molecule has 0 radical (unpaired) electrons. The molecule has 1 fully saturated rings. The topological polar surface area (TPSA) is 184 Å². The van der Waals surface area contributed by atoms with Gasteiger partial charge < -0.3 is 43.7 Å². The summed E-state index contributed by atoms with van der Waals surface area (Å²) in [5.41, 5.74) is 0. The molecule has 51 heavy (non-hydrogen) atoms. The Kier molecular flexibility index (Phi) is 26.7. The van der Waals surface area contributed by atoms with Crippen LogP contribution in [0, 0.1) is 0 Å². The summed E-state index contributed by atoms with van der Waals surface area (Å²) in [7, 11) is 0. The summed E-state index contributed by atoms with van der Waals surface area (Å²) >= 11 is 0. The SMILES string of the molecule is CCCCCCCCCCCC(=O)O[C@@H]1[C@H](OC(=O)CCCCCCCCCCC)[C@H](OC[C@H](O)[C@H](O)CO)O[C@H](COC(C)=O)[C@H]1OC(C)=O. The van der Waals surface area contributed by atoms with E-state index in [1.807, 2.05) is 0 Å². The number of aliphatic hydroxyl groups excluding tert-OH is 3. The van der Waals surface area contributed by atoms with Crippen LogP contribution in [-0.4, -0.2) is 102 Å². The van der Waals surface area contributed by atoms with Crippen molar-refractivity contribution < 1.29 is 62.9 Å². The van der Waals surface area contributed by atoms with Crippen molar-refractivity contribution in [1.82, 2.24) is 0 Å². The number of hydrogen-bond acceptors (Lipinski definition) is 13. The van der Waals surface area contributed by atoms with Gasteiger partial charge in [0.15, 0.2) is 24.6 Å². The molecular weight excluding hydrogens is 664 g/mol. The van der Waals surface area contributed by atoms with Crippen LogP contribution in [0.2, 0.25) is 0 Å². The Morgan fingerprint density at radius 2 is 1.04 bits per heavy atom. The average Bonchev–Trinajstić information content (AvgIpc) is 3.09. The number of carbonyl (C=O) groups is 4. The highest BCUT2D eigenvalue weighted by molar-refractivity contribution is 5.71. The molecule has 0 aliphatic carbocycles. The first kappa shape index (κ1) is 46.7. The molecule has 1 saturated heterocycles. The second-order valence-corrected chi connectivity index (χ2v) is 13.6. The van der Waals surface area contributed by atoms with Crippen molar-refractivity contribution in [2.24, 2.45) is 0 Å². The maximum absolute atomic E-state index is 13.2. The highest BCUT2D eigenvalue weighted by Crippen LogP contribution is 2.31. The van der Waals surface area contributed by atoms with Gasteiger partial charge in [0.25, 0.3) is 0 Å². The first-order valence-electron chi connectivity index (χ1n) is 19.5. The van der Waals surface area contributed by atoms with Crippen molar-refractivity contribution in [3.8, 4) is 0 Å². The van der Waals surface area contributed by atoms with Crippen LogP contribution in [-0.2, 0) is 47.6 Å². The van der Waals surface area contributed by atoms with Gasteiger partial charge in [0, 0.05) is 26.7 Å². The van der Waals surface area contributed by atoms with Gasteiger partial charge in [-0.05, 0) is 12.8 Å². The summed E-state index contributed by atoms with van der Waals surface area (Å²) in [6.45, 7) is 4.99. The van der Waals surface area contributed by atoms with Crippen molar-refractivity contribution in [1.29, 1.82) is 0 Å². The molecule has 1 rings (SSSR count). The van der Waals surface area contributed by atoms with E-state index < -0.39 is 86.6 Å². The van der Waals surface area contributed by atoms with E-state index in [2.05, 4.69) is 13.8 Å². The fraction of sp³-hybridized carbons (Fsp3) is 0.895. The van der Waals surface area contributed by atoms with E-state index >= 15 is 0 Å². The van der Waals surface area contributed by atoms with Crippen LogP contribution in [0.5, 0.6) is 0 Å². The van der Waals surface area contributed by atoms with Gasteiger partial charge in [-0.25, -0.2) is 0 Å². The maximum atomic E-state index is 13.2. The zero-order valence-electron chi connectivity index (χ0n) is 31.7. The van der Waals surface area contributed by atoms with Crippen LogP contribution in [0.4, 0.5) is 0 Å². The van der Waals surface area contributed by atoms with Crippen molar-refractivity contribution in [3.05, 3.63) is 0 Å². The molecule has 0 amide bonds. The van der Waals surface area contributed by atoms with Gasteiger partial charge in [-0.3, -0.25) is 19.2 Å². The summed E-state index contributed by atoms with van der Waals surface area (Å²) in [4.78, 5) is 50.4. The molecule has 0 aromatic heterocycles. The fourth-order valence-electron chi connectivity index (χ4n) is 5.95. The standard InChI is InChI=1S/C38H68O13/c1-5-7-9-11-13-15-17-19-21-23-33(44)50-36-35(48-29(4)41)32(27-46-28(3)40)49-38(47-26-31(43)30(42)25-39)37(36)51-34(45)24-22-20-18-16-14-12-10-8-6-2/h30-32,35-39,42-43H,5-27H2,1-4H3/t30-,31+,32-,35-,36+,37+,38-/m1/s1. The fourth-order valence-corrected chi connectivity index (χ4v) is 5.95. The largest absolute Gasteiger partial charge is 0.463 e. The normalized spacial score (nSPS) is 21.4. The number of carbonyl (C=O) groups excluding carboxylic acids is 4. The Morgan fingerprint density at radius 3 is 1.47 bits per heavy atom. The summed E-state index contributed by atoms with van der Waals surface area (Å²) < 4.78 is 34.2. The zero-order valence-corrected chi connectivity index (χ0v) is 31.7. The first-order chi connectivity index (χ1) is 24.5. The van der Waals surface area contributed by atoms with Crippen molar-refractivity contribution in [2.45, 2.75) is 199 Å². The van der Waals surface area contributed by atoms with Crippen molar-refractivity contribution in [3.63, 3.8) is 0 Å². The summed E-state index contributed by atoms with van der Waals surface area (Å²) in [5.74, 6) is -2.61. The minimum atomic E-state index is -1.54. The zero-order chi connectivity index (χ0) is 37.9. The second-order valence-electron chi connectivity index (χ2n) is 13.6. The quantitative estimate of drug-likeness (QED) is 0.0471. The van der Waals surface area contributed by atoms with Gasteiger partial charge in [-0.1, -0.05) is 117 Å².